The van der Waals surface area contributed by atoms with Crippen molar-refractivity contribution >= 4 is 25.8 Å². The molecule has 0 aliphatic carbocycles. The normalized spacial score (nSPS) is 7.00. The Morgan fingerprint density at radius 3 is 1.67 bits per heavy atom. The van der Waals surface area contributed by atoms with E-state index in [1.807, 2.05) is 0 Å². The topological polar surface area (TPSA) is 18.5 Å². The van der Waals surface area contributed by atoms with Crippen molar-refractivity contribution in [1.29, 1.82) is 0 Å². The Kier molecular flexibility index (Phi) is 3.26. The van der Waals surface area contributed by atoms with Crippen molar-refractivity contribution < 1.29 is 8.37 Å². The third kappa shape index (κ3) is 2.29. The van der Waals surface area contributed by atoms with Crippen LogP contribution in [0.15, 0.2) is 12.5 Å². The zero-order chi connectivity index (χ0) is 4.99. The summed E-state index contributed by atoms with van der Waals surface area (Å²) in [5, 5.41) is 0. The van der Waals surface area contributed by atoms with Gasteiger partial charge in [0.15, 0.2) is 0 Å². The zero-order valence-electron chi connectivity index (χ0n) is 2.92. The molecule has 0 unspecified atom stereocenters. The molecule has 0 bridgehead atoms. The van der Waals surface area contributed by atoms with Crippen molar-refractivity contribution in [1.82, 2.24) is 0 Å². The highest BCUT2D eigenvalue weighted by atomic mass is 32.1. The fourth-order valence-corrected chi connectivity index (χ4v) is 0.150. The van der Waals surface area contributed by atoms with E-state index in [2.05, 4.69) is 40.8 Å². The van der Waals surface area contributed by atoms with Gasteiger partial charge in [0, 0.05) is 25.8 Å². The maximum Gasteiger partial charge on any atom is 0.295 e. The van der Waals surface area contributed by atoms with Crippen LogP contribution in [0.2, 0.25) is 0 Å². The minimum atomic E-state index is 0.0710. The Morgan fingerprint density at radius 1 is 1.33 bits per heavy atom. The van der Waals surface area contributed by atoms with E-state index in [0.717, 1.165) is 0 Å². The first-order chi connectivity index (χ1) is 2.81. The number of hydrogen-bond donors (Lipinski definition) is 2. The predicted octanol–water partition coefficient (Wildman–Crippen LogP) is 1.18. The van der Waals surface area contributed by atoms with Crippen LogP contribution in [0.4, 0.5) is 0 Å². The maximum atomic E-state index is 4.10. The third-order valence-corrected chi connectivity index (χ3v) is 0.611. The molecule has 0 rings (SSSR count). The first-order valence-corrected chi connectivity index (χ1v) is 1.86. The van der Waals surface area contributed by atoms with E-state index in [0.29, 0.717) is 0 Å². The lowest BCUT2D eigenvalue weighted by Gasteiger charge is -1.92. The first kappa shape index (κ1) is 6.04. The van der Waals surface area contributed by atoms with Crippen molar-refractivity contribution in [3.8, 4) is 0 Å². The quantitative estimate of drug-likeness (QED) is 0.327. The van der Waals surface area contributed by atoms with E-state index in [-0.39, 0.29) is 5.95 Å². The minimum Gasteiger partial charge on any atom is -0.394 e. The zero-order valence-corrected chi connectivity index (χ0v) is 4.71. The molecule has 0 fully saturated rings. The summed E-state index contributed by atoms with van der Waals surface area (Å²) in [4.78, 5) is 0. The van der Waals surface area contributed by atoms with Gasteiger partial charge < -0.3 is 8.37 Å². The Morgan fingerprint density at radius 2 is 1.67 bits per heavy atom. The highest BCUT2D eigenvalue weighted by Crippen LogP contribution is 1.98. The predicted molar refractivity (Wildman–Crippen MR) is 29.3 cm³/mol. The van der Waals surface area contributed by atoms with E-state index in [1.165, 1.54) is 0 Å². The Balaban J connectivity index is 2.99. The number of thiol groups is 2. The van der Waals surface area contributed by atoms with Crippen LogP contribution in [-0.4, -0.2) is 0 Å². The average molecular weight is 124 g/mol. The van der Waals surface area contributed by atoms with E-state index in [4.69, 9.17) is 0 Å². The molecule has 0 saturated carbocycles. The molecule has 2 nitrogen and oxygen atoms in total. The van der Waals surface area contributed by atoms with Crippen LogP contribution >= 0.6 is 25.8 Å². The second kappa shape index (κ2) is 3.24. The maximum absolute atomic E-state index is 4.10. The van der Waals surface area contributed by atoms with Crippen molar-refractivity contribution in [2.24, 2.45) is 0 Å². The second-order valence-corrected chi connectivity index (χ2v) is 0.920. The molecule has 0 aromatic heterocycles. The summed E-state index contributed by atoms with van der Waals surface area (Å²) in [5.74, 6) is 0.0710. The largest absolute Gasteiger partial charge is 0.394 e. The molecule has 0 saturated heterocycles. The number of hydrogen-bond acceptors (Lipinski definition) is 4. The van der Waals surface area contributed by atoms with Gasteiger partial charge in [0.1, 0.15) is 0 Å². The summed E-state index contributed by atoms with van der Waals surface area (Å²) in [5.41, 5.74) is 0. The molecule has 4 heteroatoms. The van der Waals surface area contributed by atoms with Gasteiger partial charge in [0.05, 0.1) is 0 Å². The molecule has 0 aliphatic heterocycles. The van der Waals surface area contributed by atoms with Crippen molar-refractivity contribution in [2.75, 3.05) is 0 Å². The monoisotopic (exact) mass is 124 g/mol. The van der Waals surface area contributed by atoms with Crippen LogP contribution in [0.5, 0.6) is 0 Å². The molecule has 0 aromatic carbocycles. The average Bonchev–Trinajstić information content (AvgIpc) is 1.65. The molecule has 0 heterocycles. The van der Waals surface area contributed by atoms with E-state index in [1.54, 1.807) is 0 Å². The molecule has 0 spiro atoms. The van der Waals surface area contributed by atoms with Crippen LogP contribution in [0.1, 0.15) is 0 Å². The second-order valence-electron chi connectivity index (χ2n) is 0.555. The lowest BCUT2D eigenvalue weighted by atomic mass is 11.1. The molecule has 0 amide bonds. The molecule has 0 radical (unpaired) electrons. The van der Waals surface area contributed by atoms with E-state index >= 15 is 0 Å². The van der Waals surface area contributed by atoms with Crippen molar-refractivity contribution in [2.45, 2.75) is 0 Å². The molecule has 0 N–H and O–H groups in total. The van der Waals surface area contributed by atoms with Crippen LogP contribution in [0.25, 0.3) is 0 Å². The van der Waals surface area contributed by atoms with E-state index in [9.17, 15) is 0 Å². The van der Waals surface area contributed by atoms with Gasteiger partial charge in [0.2, 0.25) is 0 Å². The van der Waals surface area contributed by atoms with Gasteiger partial charge in [-0.2, -0.15) is 0 Å². The van der Waals surface area contributed by atoms with E-state index < -0.39 is 0 Å². The highest BCUT2D eigenvalue weighted by Gasteiger charge is 1.80. The molecule has 0 atom stereocenters. The van der Waals surface area contributed by atoms with Crippen LogP contribution < -0.4 is 0 Å². The summed E-state index contributed by atoms with van der Waals surface area (Å²) in [6.07, 6.45) is 0. The SMILES string of the molecule is C=C(OS)OS. The fourth-order valence-electron chi connectivity index (χ4n) is 0.0167. The van der Waals surface area contributed by atoms with Gasteiger partial charge in [-0.15, -0.1) is 0 Å². The Hall–Kier alpha value is 0.0400. The van der Waals surface area contributed by atoms with Crippen LogP contribution in [0, 0.1) is 0 Å². The molecule has 0 aliphatic rings. The van der Waals surface area contributed by atoms with Gasteiger partial charge in [-0.3, -0.25) is 0 Å². The standard InChI is InChI=1S/C2H4O2S2/c1-2(3-5)4-6/h5-6H,1H2. The lowest BCUT2D eigenvalue weighted by molar-refractivity contribution is 0.296. The Labute approximate surface area is 47.4 Å². The molecule has 0 aromatic rings. The summed E-state index contributed by atoms with van der Waals surface area (Å²) in [6.45, 7) is 3.19. The van der Waals surface area contributed by atoms with Crippen molar-refractivity contribution in [3.05, 3.63) is 12.5 Å². The summed E-state index contributed by atoms with van der Waals surface area (Å²) in [6, 6.07) is 0. The van der Waals surface area contributed by atoms with Gasteiger partial charge in [-0.25, -0.2) is 0 Å². The molecular weight excluding hydrogens is 120 g/mol. The van der Waals surface area contributed by atoms with Crippen LogP contribution in [0.3, 0.4) is 0 Å². The Bertz CT molecular complexity index is 47.5. The summed E-state index contributed by atoms with van der Waals surface area (Å²) >= 11 is 6.64. The first-order valence-electron chi connectivity index (χ1n) is 1.13. The van der Waals surface area contributed by atoms with Gasteiger partial charge in [-0.1, -0.05) is 0 Å². The molecule has 36 valence electrons. The smallest absolute Gasteiger partial charge is 0.295 e. The summed E-state index contributed by atoms with van der Waals surface area (Å²) < 4.78 is 8.20. The van der Waals surface area contributed by atoms with Crippen LogP contribution in [-0.2, 0) is 8.37 Å². The highest BCUT2D eigenvalue weighted by molar-refractivity contribution is 7.75. The fraction of sp³-hybridized carbons (Fsp3) is 0. The minimum absolute atomic E-state index is 0.0710. The van der Waals surface area contributed by atoms with Gasteiger partial charge >= 0.3 is 0 Å². The van der Waals surface area contributed by atoms with Gasteiger partial charge in [0.25, 0.3) is 5.95 Å². The summed E-state index contributed by atoms with van der Waals surface area (Å²) in [7, 11) is 0. The van der Waals surface area contributed by atoms with Gasteiger partial charge in [-0.05, 0) is 6.58 Å². The lowest BCUT2D eigenvalue weighted by Crippen LogP contribution is -1.73. The van der Waals surface area contributed by atoms with Crippen molar-refractivity contribution in [3.63, 3.8) is 0 Å². The molecular formula is C2H4O2S2. The molecule has 6 heavy (non-hydrogen) atoms. The number of rotatable bonds is 2. The third-order valence-electron chi connectivity index (χ3n) is 0.204.